The highest BCUT2D eigenvalue weighted by Crippen LogP contribution is 2.26. The Morgan fingerprint density at radius 3 is 2.83 bits per heavy atom. The van der Waals surface area contributed by atoms with Crippen molar-refractivity contribution in [1.82, 2.24) is 14.5 Å². The summed E-state index contributed by atoms with van der Waals surface area (Å²) >= 11 is 0.818. The lowest BCUT2D eigenvalue weighted by atomic mass is 10.7. The number of aromatic nitrogens is 2. The van der Waals surface area contributed by atoms with Gasteiger partial charge in [0.25, 0.3) is 10.0 Å². The third kappa shape index (κ3) is 2.51. The van der Waals surface area contributed by atoms with E-state index in [1.165, 1.54) is 11.2 Å². The van der Waals surface area contributed by atoms with Gasteiger partial charge in [0.2, 0.25) is 15.4 Å². The molecule has 0 aromatic carbocycles. The van der Waals surface area contributed by atoms with E-state index in [1.54, 1.807) is 6.92 Å². The number of nitrogens with one attached hydrogen (secondary N) is 1. The van der Waals surface area contributed by atoms with E-state index in [-0.39, 0.29) is 15.4 Å². The van der Waals surface area contributed by atoms with Crippen LogP contribution in [0, 0.1) is 0 Å². The van der Waals surface area contributed by atoms with Crippen LogP contribution in [-0.2, 0) is 19.6 Å². The van der Waals surface area contributed by atoms with E-state index in [4.69, 9.17) is 4.74 Å². The number of ether oxygens (including phenoxy) is 1. The van der Waals surface area contributed by atoms with Crippen molar-refractivity contribution in [3.05, 3.63) is 0 Å². The molecular formula is C8H12N4O4S2. The van der Waals surface area contributed by atoms with Crippen LogP contribution >= 0.6 is 11.3 Å². The smallest absolute Gasteiger partial charge is 0.274 e. The molecular weight excluding hydrogens is 280 g/mol. The summed E-state index contributed by atoms with van der Waals surface area (Å²) in [6.45, 7) is 3.61. The van der Waals surface area contributed by atoms with Crippen LogP contribution in [0.3, 0.4) is 0 Å². The van der Waals surface area contributed by atoms with Gasteiger partial charge in [-0.3, -0.25) is 4.79 Å². The average molecular weight is 292 g/mol. The molecule has 100 valence electrons. The first-order valence-corrected chi connectivity index (χ1v) is 7.41. The van der Waals surface area contributed by atoms with Gasteiger partial charge in [-0.05, 0) is 6.92 Å². The summed E-state index contributed by atoms with van der Waals surface area (Å²) < 4.78 is 30.6. The minimum absolute atomic E-state index is 0.149. The summed E-state index contributed by atoms with van der Waals surface area (Å²) in [5, 5.41) is 9.75. The summed E-state index contributed by atoms with van der Waals surface area (Å²) in [7, 11) is -3.70. The first kappa shape index (κ1) is 13.3. The Kier molecular flexibility index (Phi) is 3.61. The lowest BCUT2D eigenvalue weighted by Gasteiger charge is -2.16. The second-order valence-electron chi connectivity index (χ2n) is 3.64. The monoisotopic (exact) mass is 292 g/mol. The van der Waals surface area contributed by atoms with Crippen LogP contribution in [0.1, 0.15) is 13.8 Å². The number of hydrogen-bond donors (Lipinski definition) is 1. The molecule has 0 saturated carbocycles. The van der Waals surface area contributed by atoms with E-state index in [1.807, 2.05) is 0 Å². The Morgan fingerprint density at radius 2 is 2.28 bits per heavy atom. The fourth-order valence-corrected chi connectivity index (χ4v) is 4.09. The van der Waals surface area contributed by atoms with Crippen molar-refractivity contribution in [2.24, 2.45) is 0 Å². The Morgan fingerprint density at radius 1 is 1.56 bits per heavy atom. The molecule has 18 heavy (non-hydrogen) atoms. The van der Waals surface area contributed by atoms with Gasteiger partial charge in [-0.25, -0.2) is 8.42 Å². The number of nitrogens with zero attached hydrogens (tertiary/aromatic N) is 3. The first-order valence-electron chi connectivity index (χ1n) is 5.16. The van der Waals surface area contributed by atoms with E-state index in [0.29, 0.717) is 13.2 Å². The second kappa shape index (κ2) is 4.88. The molecule has 1 aromatic rings. The Hall–Kier alpha value is -1.10. The van der Waals surface area contributed by atoms with E-state index in [2.05, 4.69) is 15.5 Å². The summed E-state index contributed by atoms with van der Waals surface area (Å²) in [4.78, 5) is 10.8. The zero-order chi connectivity index (χ0) is 13.3. The van der Waals surface area contributed by atoms with Crippen molar-refractivity contribution in [3.8, 4) is 0 Å². The van der Waals surface area contributed by atoms with Crippen molar-refractivity contribution in [2.75, 3.05) is 18.5 Å². The highest BCUT2D eigenvalue weighted by atomic mass is 32.2. The Labute approximate surface area is 108 Å². The zero-order valence-electron chi connectivity index (χ0n) is 9.78. The maximum absolute atomic E-state index is 12.2. The summed E-state index contributed by atoms with van der Waals surface area (Å²) in [6, 6.07) is 0. The Bertz CT molecular complexity index is 555. The standard InChI is InChI=1S/C8H12N4O4S2/c1-5(13)9-7-10-11-8(17-7)18(14,15)12-3-4-16-6(12)2/h6H,3-4H2,1-2H3,(H,9,10,13). The molecule has 1 aromatic heterocycles. The van der Waals surface area contributed by atoms with Crippen LogP contribution in [0.4, 0.5) is 5.13 Å². The van der Waals surface area contributed by atoms with Gasteiger partial charge in [0.1, 0.15) is 6.23 Å². The van der Waals surface area contributed by atoms with Gasteiger partial charge in [-0.1, -0.05) is 11.3 Å². The van der Waals surface area contributed by atoms with Crippen molar-refractivity contribution in [3.63, 3.8) is 0 Å². The Balaban J connectivity index is 2.24. The van der Waals surface area contributed by atoms with Crippen molar-refractivity contribution in [2.45, 2.75) is 24.4 Å². The van der Waals surface area contributed by atoms with Gasteiger partial charge in [-0.2, -0.15) is 4.31 Å². The molecule has 2 heterocycles. The number of anilines is 1. The molecule has 1 aliphatic rings. The maximum Gasteiger partial charge on any atom is 0.274 e. The summed E-state index contributed by atoms with van der Waals surface area (Å²) in [5.74, 6) is -0.326. The SMILES string of the molecule is CC(=O)Nc1nnc(S(=O)(=O)N2CCOC2C)s1. The fraction of sp³-hybridized carbons (Fsp3) is 0.625. The second-order valence-corrected chi connectivity index (χ2v) is 6.68. The highest BCUT2D eigenvalue weighted by molar-refractivity contribution is 7.91. The minimum atomic E-state index is -3.70. The van der Waals surface area contributed by atoms with Crippen LogP contribution in [0.2, 0.25) is 0 Å². The van der Waals surface area contributed by atoms with E-state index in [0.717, 1.165) is 11.3 Å². The lowest BCUT2D eigenvalue weighted by molar-refractivity contribution is -0.114. The zero-order valence-corrected chi connectivity index (χ0v) is 11.4. The van der Waals surface area contributed by atoms with Crippen LogP contribution in [-0.4, -0.2) is 48.2 Å². The molecule has 1 aliphatic heterocycles. The summed E-state index contributed by atoms with van der Waals surface area (Å²) in [5.41, 5.74) is 0. The molecule has 1 unspecified atom stereocenters. The van der Waals surface area contributed by atoms with Gasteiger partial charge in [0.15, 0.2) is 0 Å². The van der Waals surface area contributed by atoms with Crippen LogP contribution < -0.4 is 5.32 Å². The third-order valence-electron chi connectivity index (χ3n) is 2.30. The maximum atomic E-state index is 12.2. The predicted molar refractivity (Wildman–Crippen MR) is 63.5 cm³/mol. The third-order valence-corrected chi connectivity index (χ3v) is 5.43. The number of carbonyl (C=O) groups excluding carboxylic acids is 1. The topological polar surface area (TPSA) is 101 Å². The van der Waals surface area contributed by atoms with Crippen molar-refractivity contribution < 1.29 is 17.9 Å². The van der Waals surface area contributed by atoms with Gasteiger partial charge >= 0.3 is 0 Å². The predicted octanol–water partition coefficient (Wildman–Crippen LogP) is -0.137. The molecule has 1 amide bonds. The van der Waals surface area contributed by atoms with Crippen LogP contribution in [0.15, 0.2) is 4.34 Å². The minimum Gasteiger partial charge on any atom is -0.361 e. The van der Waals surface area contributed by atoms with Gasteiger partial charge in [0, 0.05) is 13.5 Å². The van der Waals surface area contributed by atoms with Crippen molar-refractivity contribution >= 4 is 32.4 Å². The lowest BCUT2D eigenvalue weighted by Crippen LogP contribution is -2.34. The molecule has 1 saturated heterocycles. The molecule has 1 fully saturated rings. The molecule has 1 N–H and O–H groups in total. The quantitative estimate of drug-likeness (QED) is 0.778. The molecule has 8 nitrogen and oxygen atoms in total. The number of carbonyl (C=O) groups is 1. The van der Waals surface area contributed by atoms with Crippen LogP contribution in [0.25, 0.3) is 0 Å². The fourth-order valence-electron chi connectivity index (χ4n) is 1.51. The average Bonchev–Trinajstić information content (AvgIpc) is 2.86. The normalized spacial score (nSPS) is 21.1. The van der Waals surface area contributed by atoms with E-state index >= 15 is 0 Å². The van der Waals surface area contributed by atoms with Gasteiger partial charge in [-0.15, -0.1) is 10.2 Å². The highest BCUT2D eigenvalue weighted by Gasteiger charge is 2.36. The largest absolute Gasteiger partial charge is 0.361 e. The number of sulfonamides is 1. The molecule has 0 aliphatic carbocycles. The number of rotatable bonds is 3. The van der Waals surface area contributed by atoms with Gasteiger partial charge in [0.05, 0.1) is 6.61 Å². The molecule has 2 rings (SSSR count). The molecule has 0 spiro atoms. The summed E-state index contributed by atoms with van der Waals surface area (Å²) in [6.07, 6.45) is -0.511. The molecule has 0 radical (unpaired) electrons. The van der Waals surface area contributed by atoms with E-state index in [9.17, 15) is 13.2 Å². The first-order chi connectivity index (χ1) is 8.41. The van der Waals surface area contributed by atoms with Crippen molar-refractivity contribution in [1.29, 1.82) is 0 Å². The van der Waals surface area contributed by atoms with E-state index < -0.39 is 16.3 Å². The van der Waals surface area contributed by atoms with Gasteiger partial charge < -0.3 is 10.1 Å². The van der Waals surface area contributed by atoms with Crippen LogP contribution in [0.5, 0.6) is 0 Å². The molecule has 1 atom stereocenters. The molecule has 10 heteroatoms. The number of amides is 1. The molecule has 0 bridgehead atoms. The number of hydrogen-bond acceptors (Lipinski definition) is 7.